The number of aromatic nitrogens is 2. The third-order valence-corrected chi connectivity index (χ3v) is 1.89. The van der Waals surface area contributed by atoms with Gasteiger partial charge in [0.1, 0.15) is 11.7 Å². The Bertz CT molecular complexity index is 295. The SMILES string of the molecule is CCc1cnc(C(C)C(=O)O)nc1. The van der Waals surface area contributed by atoms with Gasteiger partial charge in [0, 0.05) is 12.4 Å². The summed E-state index contributed by atoms with van der Waals surface area (Å²) in [6.45, 7) is 3.57. The number of carbonyl (C=O) groups is 1. The molecule has 0 amide bonds. The molecule has 1 heterocycles. The molecule has 1 N–H and O–H groups in total. The van der Waals surface area contributed by atoms with Gasteiger partial charge in [0.05, 0.1) is 0 Å². The second kappa shape index (κ2) is 3.98. The number of carboxylic acids is 1. The zero-order valence-corrected chi connectivity index (χ0v) is 7.69. The van der Waals surface area contributed by atoms with E-state index in [2.05, 4.69) is 9.97 Å². The first-order chi connectivity index (χ1) is 6.15. The summed E-state index contributed by atoms with van der Waals surface area (Å²) >= 11 is 0. The van der Waals surface area contributed by atoms with Crippen molar-refractivity contribution in [1.29, 1.82) is 0 Å². The van der Waals surface area contributed by atoms with Crippen LogP contribution in [-0.4, -0.2) is 21.0 Å². The highest BCUT2D eigenvalue weighted by Crippen LogP contribution is 2.09. The van der Waals surface area contributed by atoms with Crippen molar-refractivity contribution >= 4 is 5.97 Å². The fourth-order valence-corrected chi connectivity index (χ4v) is 0.881. The molecule has 1 unspecified atom stereocenters. The predicted molar refractivity (Wildman–Crippen MR) is 47.5 cm³/mol. The fourth-order valence-electron chi connectivity index (χ4n) is 0.881. The number of aliphatic carboxylic acids is 1. The van der Waals surface area contributed by atoms with Crippen LogP contribution in [0.1, 0.15) is 31.2 Å². The summed E-state index contributed by atoms with van der Waals surface area (Å²) < 4.78 is 0. The number of rotatable bonds is 3. The van der Waals surface area contributed by atoms with Crippen LogP contribution >= 0.6 is 0 Å². The standard InChI is InChI=1S/C9H12N2O2/c1-3-7-4-10-8(11-5-7)6(2)9(12)13/h4-6H,3H2,1-2H3,(H,12,13). The van der Waals surface area contributed by atoms with E-state index in [1.54, 1.807) is 19.3 Å². The summed E-state index contributed by atoms with van der Waals surface area (Å²) in [4.78, 5) is 18.5. The molecule has 0 aliphatic rings. The van der Waals surface area contributed by atoms with E-state index in [4.69, 9.17) is 5.11 Å². The monoisotopic (exact) mass is 180 g/mol. The molecule has 0 spiro atoms. The zero-order valence-electron chi connectivity index (χ0n) is 7.69. The molecule has 1 aromatic rings. The summed E-state index contributed by atoms with van der Waals surface area (Å²) in [5.74, 6) is -1.17. The van der Waals surface area contributed by atoms with Crippen LogP contribution in [0.5, 0.6) is 0 Å². The molecule has 0 saturated carbocycles. The Morgan fingerprint density at radius 1 is 1.54 bits per heavy atom. The average molecular weight is 180 g/mol. The molecule has 0 bridgehead atoms. The number of hydrogen-bond donors (Lipinski definition) is 1. The molecule has 4 heteroatoms. The van der Waals surface area contributed by atoms with E-state index in [0.717, 1.165) is 12.0 Å². The summed E-state index contributed by atoms with van der Waals surface area (Å²) in [5.41, 5.74) is 1.02. The number of aryl methyl sites for hydroxylation is 1. The van der Waals surface area contributed by atoms with Gasteiger partial charge in [-0.1, -0.05) is 6.92 Å². The quantitative estimate of drug-likeness (QED) is 0.759. The molecule has 0 fully saturated rings. The molecule has 0 aliphatic carbocycles. The van der Waals surface area contributed by atoms with Gasteiger partial charge < -0.3 is 5.11 Å². The van der Waals surface area contributed by atoms with Gasteiger partial charge in [-0.05, 0) is 18.9 Å². The maximum Gasteiger partial charge on any atom is 0.313 e. The van der Waals surface area contributed by atoms with Crippen molar-refractivity contribution in [2.24, 2.45) is 0 Å². The summed E-state index contributed by atoms with van der Waals surface area (Å²) in [5, 5.41) is 8.68. The van der Waals surface area contributed by atoms with Crippen LogP contribution in [0.2, 0.25) is 0 Å². The topological polar surface area (TPSA) is 63.1 Å². The van der Waals surface area contributed by atoms with E-state index in [-0.39, 0.29) is 0 Å². The average Bonchev–Trinajstić information content (AvgIpc) is 2.17. The molecule has 4 nitrogen and oxygen atoms in total. The van der Waals surface area contributed by atoms with E-state index in [9.17, 15) is 4.79 Å². The first-order valence-corrected chi connectivity index (χ1v) is 4.18. The van der Waals surface area contributed by atoms with E-state index >= 15 is 0 Å². The van der Waals surface area contributed by atoms with E-state index < -0.39 is 11.9 Å². The number of nitrogens with zero attached hydrogens (tertiary/aromatic N) is 2. The van der Waals surface area contributed by atoms with Gasteiger partial charge in [-0.3, -0.25) is 4.79 Å². The van der Waals surface area contributed by atoms with Crippen molar-refractivity contribution in [3.63, 3.8) is 0 Å². The van der Waals surface area contributed by atoms with Gasteiger partial charge in [-0.2, -0.15) is 0 Å². The van der Waals surface area contributed by atoms with Gasteiger partial charge >= 0.3 is 5.97 Å². The fraction of sp³-hybridized carbons (Fsp3) is 0.444. The van der Waals surface area contributed by atoms with Crippen LogP contribution in [0.25, 0.3) is 0 Å². The first kappa shape index (κ1) is 9.64. The minimum absolute atomic E-state index is 0.365. The molecule has 0 aromatic carbocycles. The smallest absolute Gasteiger partial charge is 0.313 e. The van der Waals surface area contributed by atoms with Crippen LogP contribution in [0.4, 0.5) is 0 Å². The van der Waals surface area contributed by atoms with Gasteiger partial charge in [-0.25, -0.2) is 9.97 Å². The van der Waals surface area contributed by atoms with Crippen LogP contribution in [-0.2, 0) is 11.2 Å². The van der Waals surface area contributed by atoms with Gasteiger partial charge in [0.25, 0.3) is 0 Å². The normalized spacial score (nSPS) is 12.5. The van der Waals surface area contributed by atoms with Crippen molar-refractivity contribution in [2.45, 2.75) is 26.2 Å². The van der Waals surface area contributed by atoms with Crippen LogP contribution in [0.3, 0.4) is 0 Å². The van der Waals surface area contributed by atoms with Crippen molar-refractivity contribution in [1.82, 2.24) is 9.97 Å². The summed E-state index contributed by atoms with van der Waals surface area (Å²) in [6, 6.07) is 0. The highest BCUT2D eigenvalue weighted by molar-refractivity contribution is 5.74. The Morgan fingerprint density at radius 3 is 2.46 bits per heavy atom. The molecule has 1 rings (SSSR count). The van der Waals surface area contributed by atoms with Crippen molar-refractivity contribution in [3.05, 3.63) is 23.8 Å². The van der Waals surface area contributed by atoms with Crippen molar-refractivity contribution in [2.75, 3.05) is 0 Å². The summed E-state index contributed by atoms with van der Waals surface area (Å²) in [6.07, 6.45) is 4.20. The molecular formula is C9H12N2O2. The largest absolute Gasteiger partial charge is 0.481 e. The van der Waals surface area contributed by atoms with Gasteiger partial charge in [-0.15, -0.1) is 0 Å². The molecule has 0 radical (unpaired) electrons. The first-order valence-electron chi connectivity index (χ1n) is 4.18. The Hall–Kier alpha value is -1.45. The Balaban J connectivity index is 2.85. The van der Waals surface area contributed by atoms with Crippen LogP contribution in [0, 0.1) is 0 Å². The lowest BCUT2D eigenvalue weighted by atomic mass is 10.1. The number of hydrogen-bond acceptors (Lipinski definition) is 3. The lowest BCUT2D eigenvalue weighted by Gasteiger charge is -2.04. The highest BCUT2D eigenvalue weighted by Gasteiger charge is 2.15. The van der Waals surface area contributed by atoms with Gasteiger partial charge in [0.2, 0.25) is 0 Å². The Morgan fingerprint density at radius 2 is 2.08 bits per heavy atom. The van der Waals surface area contributed by atoms with Crippen molar-refractivity contribution < 1.29 is 9.90 Å². The third-order valence-electron chi connectivity index (χ3n) is 1.89. The molecule has 1 aromatic heterocycles. The van der Waals surface area contributed by atoms with E-state index in [0.29, 0.717) is 5.82 Å². The van der Waals surface area contributed by atoms with Crippen LogP contribution in [0.15, 0.2) is 12.4 Å². The van der Waals surface area contributed by atoms with Crippen LogP contribution < -0.4 is 0 Å². The molecule has 1 atom stereocenters. The zero-order chi connectivity index (χ0) is 9.84. The van der Waals surface area contributed by atoms with Gasteiger partial charge in [0.15, 0.2) is 0 Å². The summed E-state index contributed by atoms with van der Waals surface area (Å²) in [7, 11) is 0. The maximum atomic E-state index is 10.6. The molecule has 70 valence electrons. The minimum Gasteiger partial charge on any atom is -0.481 e. The molecule has 13 heavy (non-hydrogen) atoms. The molecule has 0 saturated heterocycles. The second-order valence-corrected chi connectivity index (χ2v) is 2.86. The third kappa shape index (κ3) is 2.24. The van der Waals surface area contributed by atoms with E-state index in [1.165, 1.54) is 0 Å². The molecular weight excluding hydrogens is 168 g/mol. The lowest BCUT2D eigenvalue weighted by Crippen LogP contribution is -2.11. The maximum absolute atomic E-state index is 10.6. The Kier molecular flexibility index (Phi) is 2.95. The minimum atomic E-state index is -0.899. The van der Waals surface area contributed by atoms with Crippen molar-refractivity contribution in [3.8, 4) is 0 Å². The molecule has 0 aliphatic heterocycles. The Labute approximate surface area is 76.7 Å². The predicted octanol–water partition coefficient (Wildman–Crippen LogP) is 1.23. The highest BCUT2D eigenvalue weighted by atomic mass is 16.4. The second-order valence-electron chi connectivity index (χ2n) is 2.86. The van der Waals surface area contributed by atoms with E-state index in [1.807, 2.05) is 6.92 Å². The number of carboxylic acid groups (broad SMARTS) is 1. The lowest BCUT2D eigenvalue weighted by molar-refractivity contribution is -0.138.